The molecule has 0 amide bonds. The van der Waals surface area contributed by atoms with Crippen LogP contribution in [0.25, 0.3) is 0 Å². The van der Waals surface area contributed by atoms with E-state index in [2.05, 4.69) is 49.9 Å². The normalized spacial score (nSPS) is 12.7. The lowest BCUT2D eigenvalue weighted by Gasteiger charge is -2.07. The number of unbranched alkanes of at least 4 members (excludes halogenated alkanes) is 4. The second-order valence-electron chi connectivity index (χ2n) is 4.87. The maximum absolute atomic E-state index is 2.33. The van der Waals surface area contributed by atoms with Crippen LogP contribution < -0.4 is 4.57 Å². The molecule has 0 saturated carbocycles. The second kappa shape index (κ2) is 7.43. The molecule has 0 fully saturated rings. The van der Waals surface area contributed by atoms with Crippen molar-refractivity contribution in [1.29, 1.82) is 0 Å². The monoisotopic (exact) mass is 220 g/mol. The summed E-state index contributed by atoms with van der Waals surface area (Å²) in [6.07, 6.45) is 12.6. The minimum atomic E-state index is 0.641. The van der Waals surface area contributed by atoms with Crippen molar-refractivity contribution in [1.82, 2.24) is 0 Å². The minimum absolute atomic E-state index is 0.641. The van der Waals surface area contributed by atoms with Gasteiger partial charge in [0.2, 0.25) is 0 Å². The lowest BCUT2D eigenvalue weighted by atomic mass is 10.1. The van der Waals surface area contributed by atoms with Gasteiger partial charge in [0.1, 0.15) is 0 Å². The lowest BCUT2D eigenvalue weighted by molar-refractivity contribution is -0.720. The van der Waals surface area contributed by atoms with Crippen molar-refractivity contribution in [3.63, 3.8) is 0 Å². The number of hydrogen-bond acceptors (Lipinski definition) is 0. The van der Waals surface area contributed by atoms with Crippen molar-refractivity contribution in [3.8, 4) is 0 Å². The second-order valence-corrected chi connectivity index (χ2v) is 4.87. The van der Waals surface area contributed by atoms with Crippen LogP contribution in [-0.2, 0) is 0 Å². The zero-order chi connectivity index (χ0) is 11.8. The first-order chi connectivity index (χ1) is 7.74. The van der Waals surface area contributed by atoms with E-state index in [-0.39, 0.29) is 0 Å². The molecule has 1 heterocycles. The molecule has 0 saturated heterocycles. The number of aromatic nitrogens is 1. The summed E-state index contributed by atoms with van der Waals surface area (Å²) in [5.74, 6) is 0. The molecule has 1 aromatic rings. The Morgan fingerprint density at radius 2 is 1.69 bits per heavy atom. The molecular weight excluding hydrogens is 194 g/mol. The van der Waals surface area contributed by atoms with Crippen molar-refractivity contribution >= 4 is 0 Å². The summed E-state index contributed by atoms with van der Waals surface area (Å²) in [5, 5.41) is 0. The van der Waals surface area contributed by atoms with E-state index in [1.165, 1.54) is 44.1 Å². The number of nitrogens with zero attached hydrogens (tertiary/aromatic N) is 1. The summed E-state index contributed by atoms with van der Waals surface area (Å²) in [6, 6.07) is 5.02. The fourth-order valence-electron chi connectivity index (χ4n) is 2.00. The van der Waals surface area contributed by atoms with Crippen LogP contribution in [-0.4, -0.2) is 0 Å². The van der Waals surface area contributed by atoms with E-state index in [1.807, 2.05) is 0 Å². The van der Waals surface area contributed by atoms with Gasteiger partial charge in [-0.15, -0.1) is 0 Å². The maximum atomic E-state index is 2.33. The average molecular weight is 220 g/mol. The van der Waals surface area contributed by atoms with E-state index in [0.717, 1.165) is 0 Å². The molecule has 0 spiro atoms. The van der Waals surface area contributed by atoms with Gasteiger partial charge in [-0.05, 0) is 25.8 Å². The van der Waals surface area contributed by atoms with Crippen molar-refractivity contribution in [3.05, 3.63) is 30.1 Å². The Kier molecular flexibility index (Phi) is 6.14. The van der Waals surface area contributed by atoms with E-state index >= 15 is 0 Å². The van der Waals surface area contributed by atoms with Gasteiger partial charge in [-0.25, -0.2) is 4.57 Å². The standard InChI is InChI=1S/C15H26N/c1-4-5-6-7-8-9-15(3)16-12-10-14(2)11-13-16/h10-13,15H,4-9H2,1-3H3/q+1. The topological polar surface area (TPSA) is 3.88 Å². The van der Waals surface area contributed by atoms with Gasteiger partial charge in [0.05, 0.1) is 0 Å². The predicted octanol–water partition coefficient (Wildman–Crippen LogP) is 4.20. The molecule has 0 bridgehead atoms. The van der Waals surface area contributed by atoms with E-state index in [0.29, 0.717) is 6.04 Å². The molecule has 1 atom stereocenters. The SMILES string of the molecule is CCCCCCCC(C)[n+]1ccc(C)cc1. The fraction of sp³-hybridized carbons (Fsp3) is 0.667. The Morgan fingerprint density at radius 1 is 1.06 bits per heavy atom. The van der Waals surface area contributed by atoms with Crippen LogP contribution in [0.15, 0.2) is 24.5 Å². The highest BCUT2D eigenvalue weighted by molar-refractivity contribution is 5.03. The molecule has 16 heavy (non-hydrogen) atoms. The first kappa shape index (κ1) is 13.2. The molecule has 0 aromatic carbocycles. The summed E-state index contributed by atoms with van der Waals surface area (Å²) >= 11 is 0. The zero-order valence-electron chi connectivity index (χ0n) is 11.1. The summed E-state index contributed by atoms with van der Waals surface area (Å²) in [5.41, 5.74) is 1.34. The third kappa shape index (κ3) is 4.78. The van der Waals surface area contributed by atoms with Crippen molar-refractivity contribution in [2.24, 2.45) is 0 Å². The third-order valence-electron chi connectivity index (χ3n) is 3.25. The van der Waals surface area contributed by atoms with Crippen LogP contribution in [0, 0.1) is 6.92 Å². The van der Waals surface area contributed by atoms with Crippen LogP contribution in [0.5, 0.6) is 0 Å². The highest BCUT2D eigenvalue weighted by Crippen LogP contribution is 2.11. The molecule has 1 aromatic heterocycles. The smallest absolute Gasteiger partial charge is 0.169 e. The number of pyridine rings is 1. The van der Waals surface area contributed by atoms with E-state index < -0.39 is 0 Å². The summed E-state index contributed by atoms with van der Waals surface area (Å²) in [7, 11) is 0. The average Bonchev–Trinajstić information content (AvgIpc) is 2.29. The number of aryl methyl sites for hydroxylation is 1. The van der Waals surface area contributed by atoms with Gasteiger partial charge in [-0.3, -0.25) is 0 Å². The van der Waals surface area contributed by atoms with Gasteiger partial charge < -0.3 is 0 Å². The van der Waals surface area contributed by atoms with E-state index in [1.54, 1.807) is 0 Å². The van der Waals surface area contributed by atoms with Crippen LogP contribution in [0.3, 0.4) is 0 Å². The molecule has 0 aliphatic heterocycles. The van der Waals surface area contributed by atoms with Gasteiger partial charge >= 0.3 is 0 Å². The Bertz CT molecular complexity index is 276. The summed E-state index contributed by atoms with van der Waals surface area (Å²) in [6.45, 7) is 6.72. The Labute approximate surface area is 101 Å². The van der Waals surface area contributed by atoms with Crippen molar-refractivity contribution < 1.29 is 4.57 Å². The van der Waals surface area contributed by atoms with Crippen LogP contribution in [0.4, 0.5) is 0 Å². The number of rotatable bonds is 7. The Morgan fingerprint density at radius 3 is 2.31 bits per heavy atom. The molecular formula is C15H26N+. The predicted molar refractivity (Wildman–Crippen MR) is 69.5 cm³/mol. The molecule has 90 valence electrons. The molecule has 1 unspecified atom stereocenters. The van der Waals surface area contributed by atoms with Crippen LogP contribution in [0.1, 0.15) is 64.0 Å². The highest BCUT2D eigenvalue weighted by Gasteiger charge is 2.10. The third-order valence-corrected chi connectivity index (χ3v) is 3.25. The molecule has 0 aliphatic carbocycles. The molecule has 1 nitrogen and oxygen atoms in total. The minimum Gasteiger partial charge on any atom is -0.203 e. The van der Waals surface area contributed by atoms with E-state index in [4.69, 9.17) is 0 Å². The van der Waals surface area contributed by atoms with Crippen molar-refractivity contribution in [2.45, 2.75) is 65.3 Å². The van der Waals surface area contributed by atoms with Gasteiger partial charge in [-0.2, -0.15) is 0 Å². The number of hydrogen-bond donors (Lipinski definition) is 0. The summed E-state index contributed by atoms with van der Waals surface area (Å²) in [4.78, 5) is 0. The first-order valence-corrected chi connectivity index (χ1v) is 6.71. The maximum Gasteiger partial charge on any atom is 0.169 e. The van der Waals surface area contributed by atoms with Gasteiger partial charge in [0.25, 0.3) is 0 Å². The van der Waals surface area contributed by atoms with E-state index in [9.17, 15) is 0 Å². The Hall–Kier alpha value is -0.850. The molecule has 0 aliphatic rings. The molecule has 1 rings (SSSR count). The zero-order valence-corrected chi connectivity index (χ0v) is 11.1. The Balaban J connectivity index is 2.24. The molecule has 0 radical (unpaired) electrons. The van der Waals surface area contributed by atoms with Crippen LogP contribution in [0.2, 0.25) is 0 Å². The quantitative estimate of drug-likeness (QED) is 0.479. The molecule has 1 heteroatoms. The molecule has 0 N–H and O–H groups in total. The van der Waals surface area contributed by atoms with Gasteiger partial charge in [-0.1, -0.05) is 32.6 Å². The highest BCUT2D eigenvalue weighted by atomic mass is 15.0. The summed E-state index contributed by atoms with van der Waals surface area (Å²) < 4.78 is 2.33. The van der Waals surface area contributed by atoms with Gasteiger partial charge in [0.15, 0.2) is 18.4 Å². The fourth-order valence-corrected chi connectivity index (χ4v) is 2.00. The first-order valence-electron chi connectivity index (χ1n) is 6.71. The van der Waals surface area contributed by atoms with Crippen molar-refractivity contribution in [2.75, 3.05) is 0 Å². The van der Waals surface area contributed by atoms with Crippen LogP contribution >= 0.6 is 0 Å². The largest absolute Gasteiger partial charge is 0.203 e. The lowest BCUT2D eigenvalue weighted by Crippen LogP contribution is -2.36. The van der Waals surface area contributed by atoms with Gasteiger partial charge in [0, 0.05) is 18.6 Å².